The van der Waals surface area contributed by atoms with Gasteiger partial charge in [0.05, 0.1) is 13.2 Å². The molecule has 1 aromatic carbocycles. The zero-order chi connectivity index (χ0) is 15.9. The van der Waals surface area contributed by atoms with Gasteiger partial charge in [0, 0.05) is 25.4 Å². The Morgan fingerprint density at radius 3 is 2.95 bits per heavy atom. The summed E-state index contributed by atoms with van der Waals surface area (Å²) in [5.41, 5.74) is 1.81. The maximum Gasteiger partial charge on any atom is 0.321 e. The van der Waals surface area contributed by atoms with E-state index >= 15 is 0 Å². The van der Waals surface area contributed by atoms with Crippen LogP contribution in [0.4, 0.5) is 10.5 Å². The summed E-state index contributed by atoms with van der Waals surface area (Å²) in [5, 5.41) is 2.98. The third-order valence-electron chi connectivity index (χ3n) is 3.90. The molecule has 122 valence electrons. The second-order valence-electron chi connectivity index (χ2n) is 5.69. The minimum absolute atomic E-state index is 0.0573. The molecule has 1 N–H and O–H groups in total. The molecule has 5 nitrogen and oxygen atoms in total. The number of urea groups is 1. The SMILES string of the molecule is CCCO[C@H]1CCCN(C(=O)Nc2ccc(OC)cc2C)C1. The maximum absolute atomic E-state index is 12.4. The first-order valence-corrected chi connectivity index (χ1v) is 7.96. The minimum atomic E-state index is -0.0573. The van der Waals surface area contributed by atoms with Gasteiger partial charge in [-0.15, -0.1) is 0 Å². The molecule has 0 saturated carbocycles. The lowest BCUT2D eigenvalue weighted by molar-refractivity contribution is 0.0115. The Hall–Kier alpha value is -1.75. The number of piperidine rings is 1. The number of likely N-dealkylation sites (tertiary alicyclic amines) is 1. The van der Waals surface area contributed by atoms with Crippen molar-refractivity contribution >= 4 is 11.7 Å². The van der Waals surface area contributed by atoms with Gasteiger partial charge in [-0.3, -0.25) is 0 Å². The van der Waals surface area contributed by atoms with Gasteiger partial charge in [0.25, 0.3) is 0 Å². The summed E-state index contributed by atoms with van der Waals surface area (Å²) < 4.78 is 11.0. The fourth-order valence-corrected chi connectivity index (χ4v) is 2.64. The van der Waals surface area contributed by atoms with E-state index < -0.39 is 0 Å². The Bertz CT molecular complexity index is 505. The van der Waals surface area contributed by atoms with Crippen LogP contribution in [-0.4, -0.2) is 43.8 Å². The van der Waals surface area contributed by atoms with Crippen molar-refractivity contribution in [2.45, 2.75) is 39.2 Å². The number of anilines is 1. The average molecular weight is 306 g/mol. The van der Waals surface area contributed by atoms with E-state index in [1.165, 1.54) is 0 Å². The van der Waals surface area contributed by atoms with Crippen LogP contribution in [0.15, 0.2) is 18.2 Å². The summed E-state index contributed by atoms with van der Waals surface area (Å²) in [5.74, 6) is 0.793. The molecule has 1 aromatic rings. The van der Waals surface area contributed by atoms with Gasteiger partial charge in [0.15, 0.2) is 0 Å². The van der Waals surface area contributed by atoms with Crippen molar-refractivity contribution in [3.8, 4) is 5.75 Å². The van der Waals surface area contributed by atoms with Gasteiger partial charge >= 0.3 is 6.03 Å². The van der Waals surface area contributed by atoms with E-state index in [2.05, 4.69) is 12.2 Å². The first-order chi connectivity index (χ1) is 10.6. The predicted molar refractivity (Wildman–Crippen MR) is 87.6 cm³/mol. The molecular formula is C17H26N2O3. The molecule has 1 saturated heterocycles. The van der Waals surface area contributed by atoms with E-state index in [0.717, 1.165) is 49.4 Å². The normalized spacial score (nSPS) is 18.1. The van der Waals surface area contributed by atoms with E-state index in [9.17, 15) is 4.79 Å². The molecule has 0 unspecified atom stereocenters. The molecular weight excluding hydrogens is 280 g/mol. The van der Waals surface area contributed by atoms with Crippen molar-refractivity contribution in [2.75, 3.05) is 32.1 Å². The third kappa shape index (κ3) is 4.37. The second kappa shape index (κ2) is 8.03. The minimum Gasteiger partial charge on any atom is -0.497 e. The van der Waals surface area contributed by atoms with Gasteiger partial charge in [-0.2, -0.15) is 0 Å². The van der Waals surface area contributed by atoms with Crippen molar-refractivity contribution in [1.29, 1.82) is 0 Å². The number of nitrogens with one attached hydrogen (secondary N) is 1. The van der Waals surface area contributed by atoms with Crippen LogP contribution in [0.1, 0.15) is 31.7 Å². The maximum atomic E-state index is 12.4. The molecule has 1 atom stereocenters. The summed E-state index contributed by atoms with van der Waals surface area (Å²) in [6.07, 6.45) is 3.19. The molecule has 22 heavy (non-hydrogen) atoms. The van der Waals surface area contributed by atoms with Crippen LogP contribution >= 0.6 is 0 Å². The molecule has 1 fully saturated rings. The quantitative estimate of drug-likeness (QED) is 0.906. The number of carbonyl (C=O) groups excluding carboxylic acids is 1. The number of methoxy groups -OCH3 is 1. The van der Waals surface area contributed by atoms with Crippen LogP contribution in [0.2, 0.25) is 0 Å². The van der Waals surface area contributed by atoms with Gasteiger partial charge in [-0.05, 0) is 49.9 Å². The molecule has 0 aromatic heterocycles. The first-order valence-electron chi connectivity index (χ1n) is 7.96. The standard InChI is InChI=1S/C17H26N2O3/c1-4-10-22-15-6-5-9-19(12-15)17(20)18-16-8-7-14(21-3)11-13(16)2/h7-8,11,15H,4-6,9-10,12H2,1-3H3,(H,18,20)/t15-/m0/s1. The van der Waals surface area contributed by atoms with Gasteiger partial charge < -0.3 is 19.7 Å². The zero-order valence-electron chi connectivity index (χ0n) is 13.7. The summed E-state index contributed by atoms with van der Waals surface area (Å²) in [4.78, 5) is 14.3. The van der Waals surface area contributed by atoms with E-state index in [1.54, 1.807) is 7.11 Å². The average Bonchev–Trinajstić information content (AvgIpc) is 2.55. The number of rotatable bonds is 5. The van der Waals surface area contributed by atoms with E-state index in [1.807, 2.05) is 30.0 Å². The highest BCUT2D eigenvalue weighted by atomic mass is 16.5. The van der Waals surface area contributed by atoms with E-state index in [-0.39, 0.29) is 12.1 Å². The van der Waals surface area contributed by atoms with Crippen LogP contribution in [0.3, 0.4) is 0 Å². The molecule has 2 amide bonds. The van der Waals surface area contributed by atoms with Crippen LogP contribution in [0, 0.1) is 6.92 Å². The Labute approximate surface area is 132 Å². The van der Waals surface area contributed by atoms with Crippen LogP contribution in [-0.2, 0) is 4.74 Å². The summed E-state index contributed by atoms with van der Waals surface area (Å²) in [7, 11) is 1.64. The molecule has 0 aliphatic carbocycles. The molecule has 5 heteroatoms. The number of carbonyl (C=O) groups is 1. The Balaban J connectivity index is 1.93. The van der Waals surface area contributed by atoms with Crippen molar-refractivity contribution in [3.63, 3.8) is 0 Å². The Morgan fingerprint density at radius 1 is 1.45 bits per heavy atom. The number of ether oxygens (including phenoxy) is 2. The van der Waals surface area contributed by atoms with Crippen LogP contribution in [0.5, 0.6) is 5.75 Å². The number of hydrogen-bond donors (Lipinski definition) is 1. The highest BCUT2D eigenvalue weighted by Gasteiger charge is 2.24. The molecule has 2 rings (SSSR count). The molecule has 1 aliphatic rings. The molecule has 0 radical (unpaired) electrons. The van der Waals surface area contributed by atoms with E-state index in [0.29, 0.717) is 6.54 Å². The highest BCUT2D eigenvalue weighted by molar-refractivity contribution is 5.90. The summed E-state index contributed by atoms with van der Waals surface area (Å²) in [6.45, 7) is 6.27. The van der Waals surface area contributed by atoms with Crippen molar-refractivity contribution in [1.82, 2.24) is 4.90 Å². The largest absolute Gasteiger partial charge is 0.497 e. The fraction of sp³-hybridized carbons (Fsp3) is 0.588. The number of nitrogens with zero attached hydrogens (tertiary/aromatic N) is 1. The topological polar surface area (TPSA) is 50.8 Å². The van der Waals surface area contributed by atoms with Gasteiger partial charge in [-0.1, -0.05) is 6.92 Å². The highest BCUT2D eigenvalue weighted by Crippen LogP contribution is 2.22. The zero-order valence-corrected chi connectivity index (χ0v) is 13.7. The molecule has 0 bridgehead atoms. The second-order valence-corrected chi connectivity index (χ2v) is 5.69. The number of amides is 2. The molecule has 1 heterocycles. The lowest BCUT2D eigenvalue weighted by Gasteiger charge is -2.32. The van der Waals surface area contributed by atoms with Crippen LogP contribution in [0.25, 0.3) is 0 Å². The van der Waals surface area contributed by atoms with Gasteiger partial charge in [0.2, 0.25) is 0 Å². The predicted octanol–water partition coefficient (Wildman–Crippen LogP) is 3.43. The third-order valence-corrected chi connectivity index (χ3v) is 3.90. The monoisotopic (exact) mass is 306 g/mol. The molecule has 1 aliphatic heterocycles. The van der Waals surface area contributed by atoms with Gasteiger partial charge in [0.1, 0.15) is 5.75 Å². The Morgan fingerprint density at radius 2 is 2.27 bits per heavy atom. The summed E-state index contributed by atoms with van der Waals surface area (Å²) in [6, 6.07) is 5.59. The van der Waals surface area contributed by atoms with Crippen molar-refractivity contribution in [2.24, 2.45) is 0 Å². The molecule has 0 spiro atoms. The van der Waals surface area contributed by atoms with Crippen molar-refractivity contribution in [3.05, 3.63) is 23.8 Å². The fourth-order valence-electron chi connectivity index (χ4n) is 2.64. The lowest BCUT2D eigenvalue weighted by atomic mass is 10.1. The number of benzene rings is 1. The number of hydrogen-bond acceptors (Lipinski definition) is 3. The summed E-state index contributed by atoms with van der Waals surface area (Å²) >= 11 is 0. The number of aryl methyl sites for hydroxylation is 1. The van der Waals surface area contributed by atoms with Gasteiger partial charge in [-0.25, -0.2) is 4.79 Å². The van der Waals surface area contributed by atoms with Crippen molar-refractivity contribution < 1.29 is 14.3 Å². The smallest absolute Gasteiger partial charge is 0.321 e. The van der Waals surface area contributed by atoms with E-state index in [4.69, 9.17) is 9.47 Å². The van der Waals surface area contributed by atoms with Crippen LogP contribution < -0.4 is 10.1 Å². The Kier molecular flexibility index (Phi) is 6.07. The first kappa shape index (κ1) is 16.6. The lowest BCUT2D eigenvalue weighted by Crippen LogP contribution is -2.45.